The number of piperidine rings is 1. The molecule has 0 aliphatic carbocycles. The molecule has 2 aromatic rings. The van der Waals surface area contributed by atoms with Gasteiger partial charge in [-0.15, -0.1) is 0 Å². The minimum atomic E-state index is 0.220. The van der Waals surface area contributed by atoms with E-state index in [0.717, 1.165) is 31.5 Å². The zero-order valence-corrected chi connectivity index (χ0v) is 11.8. The number of nitrogens with zero attached hydrogens (tertiary/aromatic N) is 2. The molecule has 6 nitrogen and oxygen atoms in total. The van der Waals surface area contributed by atoms with Crippen LogP contribution in [0.15, 0.2) is 28.8 Å². The minimum Gasteiger partial charge on any atom is -0.508 e. The Hall–Kier alpha value is -1.92. The lowest BCUT2D eigenvalue weighted by Crippen LogP contribution is -2.32. The first kappa shape index (κ1) is 14.0. The minimum absolute atomic E-state index is 0.220. The zero-order valence-electron chi connectivity index (χ0n) is 11.8. The van der Waals surface area contributed by atoms with Crippen molar-refractivity contribution in [1.82, 2.24) is 15.5 Å². The number of aromatic hydroxyl groups is 1. The highest BCUT2D eigenvalue weighted by atomic mass is 16.5. The van der Waals surface area contributed by atoms with Gasteiger partial charge in [-0.05, 0) is 50.2 Å². The summed E-state index contributed by atoms with van der Waals surface area (Å²) in [5.74, 6) is 1.33. The number of phenols is 1. The maximum atomic E-state index is 9.26. The van der Waals surface area contributed by atoms with Gasteiger partial charge in [0, 0.05) is 5.56 Å². The largest absolute Gasteiger partial charge is 0.508 e. The molecule has 1 aliphatic rings. The molecular formula is C15H19N3O3. The maximum Gasteiger partial charge on any atom is 0.229 e. The lowest BCUT2D eigenvalue weighted by atomic mass is 10.1. The fraction of sp³-hybridized carbons (Fsp3) is 0.467. The molecule has 0 radical (unpaired) electrons. The Morgan fingerprint density at radius 3 is 2.76 bits per heavy atom. The van der Waals surface area contributed by atoms with Crippen LogP contribution in [0.25, 0.3) is 11.4 Å². The molecule has 21 heavy (non-hydrogen) atoms. The second-order valence-corrected chi connectivity index (χ2v) is 5.13. The normalized spacial score (nSPS) is 16.2. The molecule has 0 saturated carbocycles. The summed E-state index contributed by atoms with van der Waals surface area (Å²) < 4.78 is 11.0. The molecule has 1 fully saturated rings. The van der Waals surface area contributed by atoms with E-state index in [2.05, 4.69) is 15.5 Å². The van der Waals surface area contributed by atoms with Crippen LogP contribution in [-0.4, -0.2) is 41.0 Å². The smallest absolute Gasteiger partial charge is 0.229 e. The molecule has 2 N–H and O–H groups in total. The van der Waals surface area contributed by atoms with Crippen LogP contribution in [0.2, 0.25) is 0 Å². The fourth-order valence-corrected chi connectivity index (χ4v) is 2.36. The van der Waals surface area contributed by atoms with Crippen LogP contribution >= 0.6 is 0 Å². The summed E-state index contributed by atoms with van der Waals surface area (Å²) in [6.07, 6.45) is 3.07. The van der Waals surface area contributed by atoms with Crippen molar-refractivity contribution in [2.24, 2.45) is 0 Å². The SMILES string of the molecule is Oc1ccc(-c2noc(CCOC3CCNCC3)n2)cc1. The standard InChI is InChI=1S/C15H19N3O3/c19-12-3-1-11(2-4-12)15-17-14(21-18-15)7-10-20-13-5-8-16-9-6-13/h1-4,13,16,19H,5-10H2. The number of ether oxygens (including phenoxy) is 1. The molecule has 112 valence electrons. The van der Waals surface area contributed by atoms with Gasteiger partial charge < -0.3 is 19.7 Å². The van der Waals surface area contributed by atoms with Gasteiger partial charge in [0.1, 0.15) is 5.75 Å². The molecule has 1 aromatic carbocycles. The molecule has 2 heterocycles. The van der Waals surface area contributed by atoms with Crippen LogP contribution in [0.4, 0.5) is 0 Å². The highest BCUT2D eigenvalue weighted by molar-refractivity contribution is 5.55. The first-order chi connectivity index (χ1) is 10.3. The van der Waals surface area contributed by atoms with E-state index in [1.54, 1.807) is 24.3 Å². The molecule has 1 saturated heterocycles. The molecule has 1 aliphatic heterocycles. The average Bonchev–Trinajstić information content (AvgIpc) is 2.98. The van der Waals surface area contributed by atoms with E-state index < -0.39 is 0 Å². The number of rotatable bonds is 5. The maximum absolute atomic E-state index is 9.26. The van der Waals surface area contributed by atoms with Gasteiger partial charge in [-0.1, -0.05) is 5.16 Å². The number of nitrogens with one attached hydrogen (secondary N) is 1. The zero-order chi connectivity index (χ0) is 14.5. The first-order valence-corrected chi connectivity index (χ1v) is 7.25. The van der Waals surface area contributed by atoms with Crippen LogP contribution in [0, 0.1) is 0 Å². The van der Waals surface area contributed by atoms with Gasteiger partial charge in [-0.25, -0.2) is 0 Å². The monoisotopic (exact) mass is 289 g/mol. The molecule has 0 spiro atoms. The summed E-state index contributed by atoms with van der Waals surface area (Å²) in [7, 11) is 0. The summed E-state index contributed by atoms with van der Waals surface area (Å²) >= 11 is 0. The van der Waals surface area contributed by atoms with Crippen molar-refractivity contribution in [3.63, 3.8) is 0 Å². The van der Waals surface area contributed by atoms with Crippen molar-refractivity contribution in [3.05, 3.63) is 30.2 Å². The van der Waals surface area contributed by atoms with Gasteiger partial charge >= 0.3 is 0 Å². The predicted octanol–water partition coefficient (Wildman–Crippen LogP) is 1.75. The van der Waals surface area contributed by atoms with Gasteiger partial charge in [-0.2, -0.15) is 4.98 Å². The van der Waals surface area contributed by atoms with Crippen molar-refractivity contribution in [2.45, 2.75) is 25.4 Å². The van der Waals surface area contributed by atoms with Crippen LogP contribution in [0.5, 0.6) is 5.75 Å². The Morgan fingerprint density at radius 1 is 1.24 bits per heavy atom. The summed E-state index contributed by atoms with van der Waals surface area (Å²) in [6, 6.07) is 6.72. The molecular weight excluding hydrogens is 270 g/mol. The van der Waals surface area contributed by atoms with Gasteiger partial charge in [-0.3, -0.25) is 0 Å². The Bertz CT molecular complexity index is 562. The van der Waals surface area contributed by atoms with Crippen molar-refractivity contribution >= 4 is 0 Å². The van der Waals surface area contributed by atoms with Gasteiger partial charge in [0.2, 0.25) is 11.7 Å². The van der Waals surface area contributed by atoms with E-state index in [1.165, 1.54) is 0 Å². The number of phenolic OH excluding ortho intramolecular Hbond substituents is 1. The third-order valence-corrected chi connectivity index (χ3v) is 3.55. The van der Waals surface area contributed by atoms with E-state index in [9.17, 15) is 5.11 Å². The van der Waals surface area contributed by atoms with E-state index in [-0.39, 0.29) is 5.75 Å². The highest BCUT2D eigenvalue weighted by Crippen LogP contribution is 2.19. The summed E-state index contributed by atoms with van der Waals surface area (Å²) in [5, 5.41) is 16.5. The van der Waals surface area contributed by atoms with Crippen molar-refractivity contribution in [3.8, 4) is 17.1 Å². The van der Waals surface area contributed by atoms with E-state index in [4.69, 9.17) is 9.26 Å². The lowest BCUT2D eigenvalue weighted by Gasteiger charge is -2.22. The van der Waals surface area contributed by atoms with E-state index in [0.29, 0.717) is 30.8 Å². The molecule has 0 bridgehead atoms. The topological polar surface area (TPSA) is 80.4 Å². The summed E-state index contributed by atoms with van der Waals surface area (Å²) in [5.41, 5.74) is 0.821. The molecule has 0 unspecified atom stereocenters. The molecule has 1 aromatic heterocycles. The second kappa shape index (κ2) is 6.69. The molecule has 0 atom stereocenters. The van der Waals surface area contributed by atoms with Crippen molar-refractivity contribution < 1.29 is 14.4 Å². The van der Waals surface area contributed by atoms with Crippen molar-refractivity contribution in [2.75, 3.05) is 19.7 Å². The number of hydrogen-bond acceptors (Lipinski definition) is 6. The van der Waals surface area contributed by atoms with E-state index in [1.807, 2.05) is 0 Å². The number of aromatic nitrogens is 2. The average molecular weight is 289 g/mol. The number of hydrogen-bond donors (Lipinski definition) is 2. The molecule has 0 amide bonds. The molecule has 3 rings (SSSR count). The Balaban J connectivity index is 1.51. The quantitative estimate of drug-likeness (QED) is 0.873. The first-order valence-electron chi connectivity index (χ1n) is 7.25. The van der Waals surface area contributed by atoms with Crippen LogP contribution in [-0.2, 0) is 11.2 Å². The van der Waals surface area contributed by atoms with Gasteiger partial charge in [0.15, 0.2) is 0 Å². The third-order valence-electron chi connectivity index (χ3n) is 3.55. The molecule has 6 heteroatoms. The third kappa shape index (κ3) is 3.80. The van der Waals surface area contributed by atoms with Gasteiger partial charge in [0.05, 0.1) is 19.1 Å². The predicted molar refractivity (Wildman–Crippen MR) is 76.9 cm³/mol. The van der Waals surface area contributed by atoms with Crippen molar-refractivity contribution in [1.29, 1.82) is 0 Å². The Morgan fingerprint density at radius 2 is 2.00 bits per heavy atom. The van der Waals surface area contributed by atoms with Crippen LogP contribution in [0.1, 0.15) is 18.7 Å². The van der Waals surface area contributed by atoms with E-state index >= 15 is 0 Å². The van der Waals surface area contributed by atoms with Gasteiger partial charge in [0.25, 0.3) is 0 Å². The highest BCUT2D eigenvalue weighted by Gasteiger charge is 2.14. The summed E-state index contributed by atoms with van der Waals surface area (Å²) in [4.78, 5) is 4.34. The second-order valence-electron chi connectivity index (χ2n) is 5.13. The fourth-order valence-electron chi connectivity index (χ4n) is 2.36. The van der Waals surface area contributed by atoms with Crippen LogP contribution in [0.3, 0.4) is 0 Å². The lowest BCUT2D eigenvalue weighted by molar-refractivity contribution is 0.0322. The Kier molecular flexibility index (Phi) is 4.47. The van der Waals surface area contributed by atoms with Crippen LogP contribution < -0.4 is 5.32 Å². The summed E-state index contributed by atoms with van der Waals surface area (Å²) in [6.45, 7) is 2.65. The Labute approximate surface area is 123 Å². The number of benzene rings is 1.